The standard InChI is InChI=1S/C16H25FN2/c1-4-16(3)8-10-19(11-9-16)15-13(12(2)18)6-5-7-14(15)17/h5-7,12H,4,8-11,18H2,1-3H3. The minimum absolute atomic E-state index is 0.134. The van der Waals surface area contributed by atoms with Crippen LogP contribution in [-0.2, 0) is 0 Å². The van der Waals surface area contributed by atoms with Crippen LogP contribution < -0.4 is 10.6 Å². The van der Waals surface area contributed by atoms with E-state index >= 15 is 0 Å². The van der Waals surface area contributed by atoms with Gasteiger partial charge in [-0.2, -0.15) is 0 Å². The van der Waals surface area contributed by atoms with Gasteiger partial charge in [0.15, 0.2) is 0 Å². The van der Waals surface area contributed by atoms with Crippen LogP contribution in [0.5, 0.6) is 0 Å². The van der Waals surface area contributed by atoms with Crippen LogP contribution in [0, 0.1) is 11.2 Å². The van der Waals surface area contributed by atoms with Gasteiger partial charge in [0.2, 0.25) is 0 Å². The van der Waals surface area contributed by atoms with Crippen molar-refractivity contribution in [2.45, 2.75) is 46.1 Å². The largest absolute Gasteiger partial charge is 0.369 e. The van der Waals surface area contributed by atoms with E-state index in [1.165, 1.54) is 12.5 Å². The van der Waals surface area contributed by atoms with Crippen LogP contribution in [0.1, 0.15) is 51.6 Å². The number of nitrogens with two attached hydrogens (primary N) is 1. The molecule has 0 bridgehead atoms. The van der Waals surface area contributed by atoms with E-state index in [2.05, 4.69) is 18.7 Å². The summed E-state index contributed by atoms with van der Waals surface area (Å²) in [4.78, 5) is 2.17. The summed E-state index contributed by atoms with van der Waals surface area (Å²) < 4.78 is 14.2. The van der Waals surface area contributed by atoms with E-state index in [1.807, 2.05) is 13.0 Å². The minimum Gasteiger partial charge on any atom is -0.369 e. The molecular formula is C16H25FN2. The van der Waals surface area contributed by atoms with Crippen molar-refractivity contribution in [1.29, 1.82) is 0 Å². The fourth-order valence-electron chi connectivity index (χ4n) is 2.86. The predicted octanol–water partition coefficient (Wildman–Crippen LogP) is 3.86. The number of para-hydroxylation sites is 1. The van der Waals surface area contributed by atoms with Gasteiger partial charge >= 0.3 is 0 Å². The number of hydrogen-bond donors (Lipinski definition) is 1. The summed E-state index contributed by atoms with van der Waals surface area (Å²) in [7, 11) is 0. The molecule has 2 N–H and O–H groups in total. The molecular weight excluding hydrogens is 239 g/mol. The predicted molar refractivity (Wildman–Crippen MR) is 78.8 cm³/mol. The van der Waals surface area contributed by atoms with Gasteiger partial charge in [-0.15, -0.1) is 0 Å². The summed E-state index contributed by atoms with van der Waals surface area (Å²) in [5.74, 6) is -0.144. The van der Waals surface area contributed by atoms with Gasteiger partial charge < -0.3 is 10.6 Å². The summed E-state index contributed by atoms with van der Waals surface area (Å²) in [5, 5.41) is 0. The number of benzene rings is 1. The van der Waals surface area contributed by atoms with Crippen molar-refractivity contribution in [3.05, 3.63) is 29.6 Å². The third kappa shape index (κ3) is 2.92. The zero-order chi connectivity index (χ0) is 14.0. The first-order chi connectivity index (χ1) is 8.97. The van der Waals surface area contributed by atoms with Crippen LogP contribution in [-0.4, -0.2) is 13.1 Å². The molecule has 1 fully saturated rings. The Morgan fingerprint density at radius 3 is 2.53 bits per heavy atom. The molecule has 1 heterocycles. The minimum atomic E-state index is -0.144. The van der Waals surface area contributed by atoms with Gasteiger partial charge in [0.25, 0.3) is 0 Å². The summed E-state index contributed by atoms with van der Waals surface area (Å²) in [6, 6.07) is 5.09. The molecule has 1 aliphatic heterocycles. The van der Waals surface area contributed by atoms with Gasteiger partial charge in [0.1, 0.15) is 5.82 Å². The Labute approximate surface area is 115 Å². The highest BCUT2D eigenvalue weighted by Gasteiger charge is 2.30. The van der Waals surface area contributed by atoms with E-state index in [9.17, 15) is 4.39 Å². The zero-order valence-corrected chi connectivity index (χ0v) is 12.2. The average Bonchev–Trinajstić information content (AvgIpc) is 2.40. The molecule has 0 amide bonds. The second-order valence-electron chi connectivity index (χ2n) is 6.12. The van der Waals surface area contributed by atoms with Crippen LogP contribution in [0.15, 0.2) is 18.2 Å². The van der Waals surface area contributed by atoms with E-state index in [1.54, 1.807) is 6.07 Å². The Balaban J connectivity index is 2.24. The maximum atomic E-state index is 14.2. The Hall–Kier alpha value is -1.09. The first-order valence-electron chi connectivity index (χ1n) is 7.26. The number of hydrogen-bond acceptors (Lipinski definition) is 2. The van der Waals surface area contributed by atoms with E-state index in [4.69, 9.17) is 5.73 Å². The van der Waals surface area contributed by atoms with Crippen LogP contribution in [0.4, 0.5) is 10.1 Å². The number of piperidine rings is 1. The van der Waals surface area contributed by atoms with Gasteiger partial charge in [0.05, 0.1) is 5.69 Å². The van der Waals surface area contributed by atoms with Crippen LogP contribution in [0.25, 0.3) is 0 Å². The monoisotopic (exact) mass is 264 g/mol. The van der Waals surface area contributed by atoms with Gasteiger partial charge in [-0.3, -0.25) is 0 Å². The second-order valence-corrected chi connectivity index (χ2v) is 6.12. The van der Waals surface area contributed by atoms with Gasteiger partial charge in [-0.25, -0.2) is 4.39 Å². The Kier molecular flexibility index (Phi) is 4.14. The van der Waals surface area contributed by atoms with E-state index < -0.39 is 0 Å². The van der Waals surface area contributed by atoms with Gasteiger partial charge in [-0.05, 0) is 36.8 Å². The van der Waals surface area contributed by atoms with Gasteiger partial charge in [-0.1, -0.05) is 32.4 Å². The summed E-state index contributed by atoms with van der Waals surface area (Å²) in [5.41, 5.74) is 8.02. The summed E-state index contributed by atoms with van der Waals surface area (Å²) in [6.07, 6.45) is 3.44. The normalized spacial score (nSPS) is 20.4. The average molecular weight is 264 g/mol. The molecule has 1 saturated heterocycles. The molecule has 0 radical (unpaired) electrons. The fourth-order valence-corrected chi connectivity index (χ4v) is 2.86. The highest BCUT2D eigenvalue weighted by molar-refractivity contribution is 5.56. The molecule has 106 valence electrons. The molecule has 0 aliphatic carbocycles. The molecule has 0 spiro atoms. The highest BCUT2D eigenvalue weighted by atomic mass is 19.1. The quantitative estimate of drug-likeness (QED) is 0.898. The third-order valence-electron chi connectivity index (χ3n) is 4.65. The second kappa shape index (κ2) is 5.49. The first-order valence-corrected chi connectivity index (χ1v) is 7.26. The van der Waals surface area contributed by atoms with Crippen molar-refractivity contribution < 1.29 is 4.39 Å². The molecule has 2 rings (SSSR count). The zero-order valence-electron chi connectivity index (χ0n) is 12.2. The van der Waals surface area contributed by atoms with E-state index in [0.29, 0.717) is 5.41 Å². The van der Waals surface area contributed by atoms with Crippen LogP contribution in [0.2, 0.25) is 0 Å². The van der Waals surface area contributed by atoms with Crippen molar-refractivity contribution in [3.8, 4) is 0 Å². The smallest absolute Gasteiger partial charge is 0.146 e. The molecule has 0 saturated carbocycles. The van der Waals surface area contributed by atoms with Crippen LogP contribution in [0.3, 0.4) is 0 Å². The van der Waals surface area contributed by atoms with Crippen molar-refractivity contribution in [2.24, 2.45) is 11.1 Å². The number of anilines is 1. The topological polar surface area (TPSA) is 29.3 Å². The van der Waals surface area contributed by atoms with Crippen molar-refractivity contribution >= 4 is 5.69 Å². The Morgan fingerprint density at radius 2 is 2.00 bits per heavy atom. The molecule has 3 heteroatoms. The SMILES string of the molecule is CCC1(C)CCN(c2c(F)cccc2C(C)N)CC1. The lowest BCUT2D eigenvalue weighted by molar-refractivity contribution is 0.237. The Morgan fingerprint density at radius 1 is 1.37 bits per heavy atom. The van der Waals surface area contributed by atoms with E-state index in [-0.39, 0.29) is 11.9 Å². The Bertz CT molecular complexity index is 434. The first kappa shape index (κ1) is 14.3. The third-order valence-corrected chi connectivity index (χ3v) is 4.65. The lowest BCUT2D eigenvalue weighted by atomic mass is 9.78. The number of halogens is 1. The lowest BCUT2D eigenvalue weighted by Gasteiger charge is -2.41. The van der Waals surface area contributed by atoms with Crippen molar-refractivity contribution in [3.63, 3.8) is 0 Å². The van der Waals surface area contributed by atoms with Crippen LogP contribution >= 0.6 is 0 Å². The molecule has 1 aliphatic rings. The molecule has 2 nitrogen and oxygen atoms in total. The molecule has 1 aromatic carbocycles. The number of rotatable bonds is 3. The fraction of sp³-hybridized carbons (Fsp3) is 0.625. The highest BCUT2D eigenvalue weighted by Crippen LogP contribution is 2.38. The molecule has 1 aromatic rings. The molecule has 0 aromatic heterocycles. The number of nitrogens with zero attached hydrogens (tertiary/aromatic N) is 1. The van der Waals surface area contributed by atoms with E-state index in [0.717, 1.165) is 37.2 Å². The van der Waals surface area contributed by atoms with Crippen molar-refractivity contribution in [2.75, 3.05) is 18.0 Å². The molecule has 1 unspecified atom stereocenters. The maximum absolute atomic E-state index is 14.2. The maximum Gasteiger partial charge on any atom is 0.146 e. The summed E-state index contributed by atoms with van der Waals surface area (Å²) >= 11 is 0. The molecule has 1 atom stereocenters. The molecule has 19 heavy (non-hydrogen) atoms. The van der Waals surface area contributed by atoms with Gasteiger partial charge in [0, 0.05) is 19.1 Å². The summed E-state index contributed by atoms with van der Waals surface area (Å²) in [6.45, 7) is 8.33. The lowest BCUT2D eigenvalue weighted by Crippen LogP contribution is -2.39. The van der Waals surface area contributed by atoms with Crippen molar-refractivity contribution in [1.82, 2.24) is 0 Å².